The smallest absolute Gasteiger partial charge is 0.313 e. The minimum Gasteiger partial charge on any atom is -0.396 e. The largest absolute Gasteiger partial charge is 0.396 e. The van der Waals surface area contributed by atoms with E-state index in [9.17, 15) is 9.59 Å². The molecule has 132 valence electrons. The first-order valence-electron chi connectivity index (χ1n) is 8.91. The van der Waals surface area contributed by atoms with Crippen molar-refractivity contribution in [1.29, 1.82) is 0 Å². The summed E-state index contributed by atoms with van der Waals surface area (Å²) in [7, 11) is 0. The van der Waals surface area contributed by atoms with Gasteiger partial charge in [0.15, 0.2) is 0 Å². The highest BCUT2D eigenvalue weighted by Crippen LogP contribution is 2.24. The first kappa shape index (κ1) is 18.5. The van der Waals surface area contributed by atoms with Gasteiger partial charge in [-0.3, -0.25) is 9.59 Å². The van der Waals surface area contributed by atoms with Gasteiger partial charge in [-0.15, -0.1) is 0 Å². The zero-order valence-corrected chi connectivity index (χ0v) is 14.6. The van der Waals surface area contributed by atoms with Crippen molar-refractivity contribution in [3.63, 3.8) is 0 Å². The zero-order valence-electron chi connectivity index (χ0n) is 14.6. The number of nitrogens with one attached hydrogen (secondary N) is 2. The molecule has 1 saturated carbocycles. The quantitative estimate of drug-likeness (QED) is 0.725. The summed E-state index contributed by atoms with van der Waals surface area (Å²) < 4.78 is 0. The number of aliphatic hydroxyl groups is 1. The maximum Gasteiger partial charge on any atom is 0.313 e. The van der Waals surface area contributed by atoms with Gasteiger partial charge in [-0.25, -0.2) is 0 Å². The lowest BCUT2D eigenvalue weighted by molar-refractivity contribution is -0.136. The number of anilines is 1. The molecule has 0 aromatic heterocycles. The Hall–Kier alpha value is -1.88. The molecule has 5 nitrogen and oxygen atoms in total. The van der Waals surface area contributed by atoms with Gasteiger partial charge in [0.1, 0.15) is 0 Å². The van der Waals surface area contributed by atoms with Gasteiger partial charge in [0.05, 0.1) is 0 Å². The van der Waals surface area contributed by atoms with E-state index in [1.54, 1.807) is 0 Å². The van der Waals surface area contributed by atoms with Crippen LogP contribution in [0.3, 0.4) is 0 Å². The van der Waals surface area contributed by atoms with E-state index in [4.69, 9.17) is 5.11 Å². The molecule has 0 spiro atoms. The van der Waals surface area contributed by atoms with E-state index in [-0.39, 0.29) is 12.6 Å². The first-order chi connectivity index (χ1) is 11.6. The van der Waals surface area contributed by atoms with Crippen LogP contribution in [0.15, 0.2) is 18.2 Å². The van der Waals surface area contributed by atoms with Crippen LogP contribution < -0.4 is 10.6 Å². The predicted octanol–water partition coefficient (Wildman–Crippen LogP) is 2.42. The number of benzene rings is 1. The number of aryl methyl sites for hydroxylation is 2. The minimum absolute atomic E-state index is 0.0265. The topological polar surface area (TPSA) is 78.4 Å². The molecule has 1 aliphatic carbocycles. The molecule has 0 atom stereocenters. The second kappa shape index (κ2) is 8.83. The average molecular weight is 332 g/mol. The highest BCUT2D eigenvalue weighted by molar-refractivity contribution is 6.39. The lowest BCUT2D eigenvalue weighted by atomic mass is 9.86. The fraction of sp³-hybridized carbons (Fsp3) is 0.579. The molecule has 1 aromatic rings. The van der Waals surface area contributed by atoms with Crippen molar-refractivity contribution in [1.82, 2.24) is 5.32 Å². The van der Waals surface area contributed by atoms with Crippen molar-refractivity contribution < 1.29 is 14.7 Å². The molecule has 3 N–H and O–H groups in total. The van der Waals surface area contributed by atoms with E-state index in [1.807, 2.05) is 25.1 Å². The molecule has 2 amide bonds. The van der Waals surface area contributed by atoms with E-state index in [0.29, 0.717) is 5.92 Å². The van der Waals surface area contributed by atoms with Gasteiger partial charge in [-0.1, -0.05) is 26.0 Å². The normalized spacial score (nSPS) is 20.5. The first-order valence-corrected chi connectivity index (χ1v) is 8.91. The third-order valence-corrected chi connectivity index (χ3v) is 4.86. The Bertz CT molecular complexity index is 578. The number of carbonyl (C=O) groups is 2. The molecule has 0 unspecified atom stereocenters. The number of carbonyl (C=O) groups excluding carboxylic acids is 2. The molecule has 5 heteroatoms. The third kappa shape index (κ3) is 4.81. The summed E-state index contributed by atoms with van der Waals surface area (Å²) in [5, 5.41) is 14.7. The fourth-order valence-electron chi connectivity index (χ4n) is 3.19. The molecule has 1 aliphatic rings. The highest BCUT2D eigenvalue weighted by atomic mass is 16.3. The monoisotopic (exact) mass is 332 g/mol. The van der Waals surface area contributed by atoms with Crippen LogP contribution in [0.2, 0.25) is 0 Å². The average Bonchev–Trinajstić information content (AvgIpc) is 2.62. The van der Waals surface area contributed by atoms with Crippen LogP contribution in [0.5, 0.6) is 0 Å². The third-order valence-electron chi connectivity index (χ3n) is 4.86. The molecule has 0 heterocycles. The van der Waals surface area contributed by atoms with E-state index >= 15 is 0 Å². The van der Waals surface area contributed by atoms with Gasteiger partial charge in [0.2, 0.25) is 0 Å². The molecule has 0 radical (unpaired) electrons. The van der Waals surface area contributed by atoms with Gasteiger partial charge in [-0.2, -0.15) is 0 Å². The van der Waals surface area contributed by atoms with E-state index < -0.39 is 11.8 Å². The summed E-state index contributed by atoms with van der Waals surface area (Å²) in [6.07, 6.45) is 5.09. The predicted molar refractivity (Wildman–Crippen MR) is 94.8 cm³/mol. The molecule has 0 bridgehead atoms. The lowest BCUT2D eigenvalue weighted by Crippen LogP contribution is -2.43. The Labute approximate surface area is 143 Å². The summed E-state index contributed by atoms with van der Waals surface area (Å²) >= 11 is 0. The van der Waals surface area contributed by atoms with Gasteiger partial charge in [-0.05, 0) is 61.6 Å². The Morgan fingerprint density at radius 2 is 1.79 bits per heavy atom. The number of rotatable bonds is 5. The highest BCUT2D eigenvalue weighted by Gasteiger charge is 2.24. The maximum absolute atomic E-state index is 12.2. The summed E-state index contributed by atoms with van der Waals surface area (Å²) in [4.78, 5) is 24.4. The fourth-order valence-corrected chi connectivity index (χ4v) is 3.19. The van der Waals surface area contributed by atoms with Crippen molar-refractivity contribution in [2.45, 2.75) is 58.4 Å². The molecule has 2 rings (SSSR count). The number of amides is 2. The Kier molecular flexibility index (Phi) is 6.79. The molecule has 24 heavy (non-hydrogen) atoms. The summed E-state index contributed by atoms with van der Waals surface area (Å²) in [5.74, 6) is -0.857. The summed E-state index contributed by atoms with van der Waals surface area (Å²) in [5.41, 5.74) is 2.88. The van der Waals surface area contributed by atoms with Gasteiger partial charge >= 0.3 is 11.8 Å². The Morgan fingerprint density at radius 3 is 2.38 bits per heavy atom. The number of hydrogen-bond donors (Lipinski definition) is 3. The van der Waals surface area contributed by atoms with Crippen molar-refractivity contribution in [3.05, 3.63) is 29.3 Å². The van der Waals surface area contributed by atoms with Gasteiger partial charge in [0, 0.05) is 18.3 Å². The summed E-state index contributed by atoms with van der Waals surface area (Å²) in [6.45, 7) is 4.28. The lowest BCUT2D eigenvalue weighted by Gasteiger charge is -2.27. The zero-order chi connectivity index (χ0) is 17.5. The van der Waals surface area contributed by atoms with Crippen LogP contribution in [0.1, 0.15) is 50.7 Å². The molecular weight excluding hydrogens is 304 g/mol. The molecule has 1 aromatic carbocycles. The van der Waals surface area contributed by atoms with E-state index in [1.165, 1.54) is 0 Å². The SMILES string of the molecule is CCc1ccc(CC)c(NC(=O)C(=O)NC2CCC(CO)CC2)c1. The van der Waals surface area contributed by atoms with Gasteiger partial charge in [0.25, 0.3) is 0 Å². The molecule has 0 aliphatic heterocycles. The van der Waals surface area contributed by atoms with E-state index in [0.717, 1.165) is 55.3 Å². The standard InChI is InChI=1S/C19H28N2O3/c1-3-13-5-8-15(4-2)17(11-13)21-19(24)18(23)20-16-9-6-14(12-22)7-10-16/h5,8,11,14,16,22H,3-4,6-7,9-10,12H2,1-2H3,(H,20,23)(H,21,24). The molecule has 1 fully saturated rings. The van der Waals surface area contributed by atoms with Crippen molar-refractivity contribution >= 4 is 17.5 Å². The second-order valence-corrected chi connectivity index (χ2v) is 6.53. The molecular formula is C19H28N2O3. The van der Waals surface area contributed by atoms with Crippen LogP contribution >= 0.6 is 0 Å². The van der Waals surface area contributed by atoms with Gasteiger partial charge < -0.3 is 15.7 Å². The molecule has 0 saturated heterocycles. The Morgan fingerprint density at radius 1 is 1.08 bits per heavy atom. The van der Waals surface area contributed by atoms with Crippen LogP contribution in [0.4, 0.5) is 5.69 Å². The summed E-state index contributed by atoms with van der Waals surface area (Å²) in [6, 6.07) is 6.02. The van der Waals surface area contributed by atoms with Crippen LogP contribution in [0, 0.1) is 5.92 Å². The minimum atomic E-state index is -0.609. The van der Waals surface area contributed by atoms with Crippen LogP contribution in [-0.2, 0) is 22.4 Å². The number of hydrogen-bond acceptors (Lipinski definition) is 3. The van der Waals surface area contributed by atoms with E-state index in [2.05, 4.69) is 17.6 Å². The van der Waals surface area contributed by atoms with Crippen molar-refractivity contribution in [2.75, 3.05) is 11.9 Å². The Balaban J connectivity index is 1.93. The van der Waals surface area contributed by atoms with Crippen LogP contribution in [0.25, 0.3) is 0 Å². The van der Waals surface area contributed by atoms with Crippen molar-refractivity contribution in [3.8, 4) is 0 Å². The number of aliphatic hydroxyl groups excluding tert-OH is 1. The second-order valence-electron chi connectivity index (χ2n) is 6.53. The maximum atomic E-state index is 12.2. The van der Waals surface area contributed by atoms with Crippen LogP contribution in [-0.4, -0.2) is 29.6 Å². The van der Waals surface area contributed by atoms with Crippen molar-refractivity contribution in [2.24, 2.45) is 5.92 Å².